The van der Waals surface area contributed by atoms with Crippen molar-refractivity contribution in [2.45, 2.75) is 17.6 Å². The predicted molar refractivity (Wildman–Crippen MR) is 110 cm³/mol. The molecule has 0 bridgehead atoms. The predicted octanol–water partition coefficient (Wildman–Crippen LogP) is 3.51. The lowest BCUT2D eigenvalue weighted by Crippen LogP contribution is -2.50. The van der Waals surface area contributed by atoms with Crippen LogP contribution in [0.4, 0.5) is 0 Å². The van der Waals surface area contributed by atoms with Gasteiger partial charge in [0, 0.05) is 32.3 Å². The number of benzene rings is 1. The topological polar surface area (TPSA) is 57.7 Å². The minimum atomic E-state index is -3.54. The smallest absolute Gasteiger partial charge is 0.252 e. The Balaban J connectivity index is 1.58. The number of piperazine rings is 1. The van der Waals surface area contributed by atoms with Crippen molar-refractivity contribution in [1.29, 1.82) is 0 Å². The zero-order valence-corrected chi connectivity index (χ0v) is 17.4. The van der Waals surface area contributed by atoms with Crippen LogP contribution < -0.4 is 0 Å². The second kappa shape index (κ2) is 8.56. The molecule has 0 spiro atoms. The van der Waals surface area contributed by atoms with Gasteiger partial charge in [0.15, 0.2) is 0 Å². The summed E-state index contributed by atoms with van der Waals surface area (Å²) in [6, 6.07) is 11.2. The van der Waals surface area contributed by atoms with E-state index in [1.54, 1.807) is 23.1 Å². The van der Waals surface area contributed by atoms with E-state index in [4.69, 9.17) is 11.6 Å². The van der Waals surface area contributed by atoms with E-state index in [0.29, 0.717) is 17.4 Å². The highest BCUT2D eigenvalue weighted by atomic mass is 35.5. The molecule has 2 heterocycles. The fourth-order valence-electron chi connectivity index (χ4n) is 2.85. The number of nitrogens with zero attached hydrogens (tertiary/aromatic N) is 2. The number of aryl methyl sites for hydroxylation is 1. The Hall–Kier alpha value is -1.67. The molecule has 1 aliphatic rings. The van der Waals surface area contributed by atoms with Gasteiger partial charge >= 0.3 is 0 Å². The van der Waals surface area contributed by atoms with Crippen molar-refractivity contribution >= 4 is 44.9 Å². The van der Waals surface area contributed by atoms with Crippen LogP contribution in [0.2, 0.25) is 4.34 Å². The summed E-state index contributed by atoms with van der Waals surface area (Å²) in [6.07, 6.45) is 4.32. The van der Waals surface area contributed by atoms with Crippen LogP contribution in [0.25, 0.3) is 6.08 Å². The Morgan fingerprint density at radius 3 is 2.33 bits per heavy atom. The monoisotopic (exact) mass is 424 g/mol. The Kier molecular flexibility index (Phi) is 6.37. The Labute approximate surface area is 168 Å². The average molecular weight is 425 g/mol. The second-order valence-corrected chi connectivity index (χ2v) is 10.1. The first kappa shape index (κ1) is 20.1. The third-order valence-corrected chi connectivity index (χ3v) is 8.10. The van der Waals surface area contributed by atoms with Crippen LogP contribution in [0.3, 0.4) is 0 Å². The maximum absolute atomic E-state index is 12.6. The molecule has 27 heavy (non-hydrogen) atoms. The average Bonchev–Trinajstić information content (AvgIpc) is 3.14. The van der Waals surface area contributed by atoms with E-state index in [1.807, 2.05) is 24.3 Å². The molecule has 0 aliphatic carbocycles. The third kappa shape index (κ3) is 4.79. The molecule has 0 saturated carbocycles. The third-order valence-electron chi connectivity index (χ3n) is 4.50. The number of rotatable bonds is 5. The summed E-state index contributed by atoms with van der Waals surface area (Å²) in [5.41, 5.74) is 2.22. The van der Waals surface area contributed by atoms with Gasteiger partial charge in [-0.2, -0.15) is 4.31 Å². The van der Waals surface area contributed by atoms with Crippen LogP contribution in [0.1, 0.15) is 18.1 Å². The molecule has 1 aliphatic heterocycles. The molecule has 144 valence electrons. The lowest BCUT2D eigenvalue weighted by atomic mass is 10.1. The van der Waals surface area contributed by atoms with E-state index in [0.717, 1.165) is 23.3 Å². The highest BCUT2D eigenvalue weighted by Crippen LogP contribution is 2.28. The molecule has 1 saturated heterocycles. The van der Waals surface area contributed by atoms with Crippen molar-refractivity contribution < 1.29 is 13.2 Å². The van der Waals surface area contributed by atoms with E-state index < -0.39 is 10.0 Å². The van der Waals surface area contributed by atoms with E-state index >= 15 is 0 Å². The summed E-state index contributed by atoms with van der Waals surface area (Å²) in [7, 11) is -3.54. The van der Waals surface area contributed by atoms with Crippen molar-refractivity contribution in [1.82, 2.24) is 9.21 Å². The lowest BCUT2D eigenvalue weighted by molar-refractivity contribution is -0.127. The summed E-state index contributed by atoms with van der Waals surface area (Å²) >= 11 is 6.90. The van der Waals surface area contributed by atoms with E-state index in [9.17, 15) is 13.2 Å². The van der Waals surface area contributed by atoms with Crippen LogP contribution in [-0.2, 0) is 21.2 Å². The largest absolute Gasteiger partial charge is 0.337 e. The molecular weight excluding hydrogens is 404 g/mol. The number of hydrogen-bond donors (Lipinski definition) is 0. The fourth-order valence-corrected chi connectivity index (χ4v) is 5.91. The van der Waals surface area contributed by atoms with Gasteiger partial charge in [-0.25, -0.2) is 8.42 Å². The maximum Gasteiger partial charge on any atom is 0.252 e. The molecule has 1 amide bonds. The standard InChI is InChI=1S/C19H21ClN2O3S2/c1-2-15-3-5-16(6-4-15)7-9-18(23)21-11-13-22(14-12-21)27(24,25)19-10-8-17(20)26-19/h3-10H,2,11-14H2,1H3/b9-7+. The molecule has 0 radical (unpaired) electrons. The maximum atomic E-state index is 12.6. The van der Waals surface area contributed by atoms with Gasteiger partial charge in [0.2, 0.25) is 5.91 Å². The minimum absolute atomic E-state index is 0.106. The number of halogens is 1. The summed E-state index contributed by atoms with van der Waals surface area (Å²) in [6.45, 7) is 3.40. The first-order valence-corrected chi connectivity index (χ1v) is 11.3. The van der Waals surface area contributed by atoms with Gasteiger partial charge in [0.1, 0.15) is 4.21 Å². The van der Waals surface area contributed by atoms with Crippen LogP contribution in [0.5, 0.6) is 0 Å². The Bertz CT molecular complexity index is 928. The van der Waals surface area contributed by atoms with Crippen molar-refractivity contribution in [3.63, 3.8) is 0 Å². The first-order chi connectivity index (χ1) is 12.9. The summed E-state index contributed by atoms with van der Waals surface area (Å²) < 4.78 is 27.3. The van der Waals surface area contributed by atoms with Crippen LogP contribution in [0, 0.1) is 0 Å². The highest BCUT2D eigenvalue weighted by molar-refractivity contribution is 7.91. The van der Waals surface area contributed by atoms with E-state index in [2.05, 4.69) is 6.92 Å². The Morgan fingerprint density at radius 1 is 1.11 bits per heavy atom. The van der Waals surface area contributed by atoms with Crippen LogP contribution in [-0.4, -0.2) is 49.7 Å². The summed E-state index contributed by atoms with van der Waals surface area (Å²) in [5, 5.41) is 0. The van der Waals surface area contributed by atoms with Gasteiger partial charge in [-0.05, 0) is 35.8 Å². The van der Waals surface area contributed by atoms with Gasteiger partial charge in [0.05, 0.1) is 4.34 Å². The quantitative estimate of drug-likeness (QED) is 0.690. The summed E-state index contributed by atoms with van der Waals surface area (Å²) in [5.74, 6) is -0.106. The molecule has 3 rings (SSSR count). The normalized spacial score (nSPS) is 16.1. The minimum Gasteiger partial charge on any atom is -0.337 e. The van der Waals surface area contributed by atoms with Gasteiger partial charge < -0.3 is 4.90 Å². The molecule has 1 fully saturated rings. The number of thiophene rings is 1. The summed E-state index contributed by atoms with van der Waals surface area (Å²) in [4.78, 5) is 14.1. The SMILES string of the molecule is CCc1ccc(/C=C/C(=O)N2CCN(S(=O)(=O)c3ccc(Cl)s3)CC2)cc1. The number of hydrogen-bond acceptors (Lipinski definition) is 4. The van der Waals surface area contributed by atoms with Gasteiger partial charge in [-0.15, -0.1) is 11.3 Å². The zero-order chi connectivity index (χ0) is 19.4. The zero-order valence-electron chi connectivity index (χ0n) is 15.0. The number of amides is 1. The number of carbonyl (C=O) groups excluding carboxylic acids is 1. The van der Waals surface area contributed by atoms with Crippen molar-refractivity contribution in [2.75, 3.05) is 26.2 Å². The van der Waals surface area contributed by atoms with Crippen molar-refractivity contribution in [2.24, 2.45) is 0 Å². The molecule has 1 aromatic carbocycles. The lowest BCUT2D eigenvalue weighted by Gasteiger charge is -2.33. The van der Waals surface area contributed by atoms with Crippen LogP contribution in [0.15, 0.2) is 46.7 Å². The molecule has 2 aromatic rings. The molecule has 0 unspecified atom stereocenters. The first-order valence-electron chi connectivity index (χ1n) is 8.71. The molecule has 1 aromatic heterocycles. The van der Waals surface area contributed by atoms with Crippen LogP contribution >= 0.6 is 22.9 Å². The van der Waals surface area contributed by atoms with Gasteiger partial charge in [-0.1, -0.05) is 42.8 Å². The Morgan fingerprint density at radius 2 is 1.78 bits per heavy atom. The highest BCUT2D eigenvalue weighted by Gasteiger charge is 2.30. The van der Waals surface area contributed by atoms with Gasteiger partial charge in [0.25, 0.3) is 10.0 Å². The second-order valence-electron chi connectivity index (χ2n) is 6.22. The molecule has 8 heteroatoms. The number of sulfonamides is 1. The van der Waals surface area contributed by atoms with E-state index in [1.165, 1.54) is 15.9 Å². The van der Waals surface area contributed by atoms with Crippen molar-refractivity contribution in [3.8, 4) is 0 Å². The fraction of sp³-hybridized carbons (Fsp3) is 0.316. The number of carbonyl (C=O) groups is 1. The van der Waals surface area contributed by atoms with Gasteiger partial charge in [-0.3, -0.25) is 4.79 Å². The molecule has 0 N–H and O–H groups in total. The molecule has 0 atom stereocenters. The molecule has 5 nitrogen and oxygen atoms in total. The van der Waals surface area contributed by atoms with Crippen molar-refractivity contribution in [3.05, 3.63) is 57.9 Å². The van der Waals surface area contributed by atoms with E-state index in [-0.39, 0.29) is 23.2 Å². The molecular formula is C19H21ClN2O3S2.